The number of nitrogens with zero attached hydrogens (tertiary/aromatic N) is 4. The maximum atomic E-state index is 6.47. The Bertz CT molecular complexity index is 1440. The Morgan fingerprint density at radius 1 is 1.06 bits per heavy atom. The zero-order valence-corrected chi connectivity index (χ0v) is 20.8. The van der Waals surface area contributed by atoms with E-state index in [9.17, 15) is 0 Å². The molecule has 1 fully saturated rings. The second-order valence-electron chi connectivity index (χ2n) is 8.68. The molecule has 0 atom stereocenters. The third-order valence-corrected chi connectivity index (χ3v) is 7.26. The van der Waals surface area contributed by atoms with Gasteiger partial charge in [0, 0.05) is 41.2 Å². The molecule has 0 bridgehead atoms. The summed E-state index contributed by atoms with van der Waals surface area (Å²) in [6.07, 6.45) is 3.85. The monoisotopic (exact) mass is 535 g/mol. The van der Waals surface area contributed by atoms with Crippen molar-refractivity contribution < 1.29 is 4.42 Å². The number of nitrogens with one attached hydrogen (secondary N) is 1. The van der Waals surface area contributed by atoms with Gasteiger partial charge in [-0.05, 0) is 47.0 Å². The molecular weight excluding hydrogens is 514 g/mol. The van der Waals surface area contributed by atoms with E-state index in [1.807, 2.05) is 53.0 Å². The van der Waals surface area contributed by atoms with E-state index in [2.05, 4.69) is 43.4 Å². The second kappa shape index (κ2) is 9.06. The summed E-state index contributed by atoms with van der Waals surface area (Å²) in [5, 5.41) is 10.1. The van der Waals surface area contributed by atoms with Crippen molar-refractivity contribution in [1.29, 1.82) is 0 Å². The van der Waals surface area contributed by atoms with Gasteiger partial charge in [0.2, 0.25) is 0 Å². The summed E-state index contributed by atoms with van der Waals surface area (Å²) < 4.78 is 8.72. The first kappa shape index (κ1) is 21.6. The fourth-order valence-electron chi connectivity index (χ4n) is 4.63. The number of piperidine rings is 1. The van der Waals surface area contributed by atoms with Crippen LogP contribution in [0.4, 0.5) is 5.82 Å². The van der Waals surface area contributed by atoms with E-state index in [0.29, 0.717) is 11.1 Å². The van der Waals surface area contributed by atoms with Gasteiger partial charge in [0.1, 0.15) is 17.2 Å². The summed E-state index contributed by atoms with van der Waals surface area (Å²) in [7, 11) is 0. The van der Waals surface area contributed by atoms with Gasteiger partial charge in [-0.1, -0.05) is 48.0 Å². The molecule has 0 radical (unpaired) electrons. The topological polar surface area (TPSA) is 58.6 Å². The number of rotatable bonds is 5. The van der Waals surface area contributed by atoms with Crippen molar-refractivity contribution in [2.75, 3.05) is 18.4 Å². The maximum Gasteiger partial charge on any atom is 0.172 e. The summed E-state index contributed by atoms with van der Waals surface area (Å²) in [6, 6.07) is 20.5. The lowest BCUT2D eigenvalue weighted by Crippen LogP contribution is -2.38. The number of anilines is 1. The van der Waals surface area contributed by atoms with E-state index in [0.717, 1.165) is 76.4 Å². The first-order valence-corrected chi connectivity index (χ1v) is 12.6. The molecule has 0 amide bonds. The van der Waals surface area contributed by atoms with Gasteiger partial charge in [0.25, 0.3) is 0 Å². The fraction of sp³-hybridized carbons (Fsp3) is 0.231. The molecule has 1 aliphatic rings. The van der Waals surface area contributed by atoms with E-state index in [1.54, 1.807) is 6.20 Å². The first-order valence-electron chi connectivity index (χ1n) is 11.4. The van der Waals surface area contributed by atoms with E-state index in [4.69, 9.17) is 21.0 Å². The van der Waals surface area contributed by atoms with Crippen LogP contribution < -0.4 is 5.32 Å². The molecule has 172 valence electrons. The predicted molar refractivity (Wildman–Crippen MR) is 139 cm³/mol. The first-order chi connectivity index (χ1) is 16.6. The molecular formula is C26H23BrClN5O. The smallest absolute Gasteiger partial charge is 0.172 e. The lowest BCUT2D eigenvalue weighted by Gasteiger charge is -2.32. The predicted octanol–water partition coefficient (Wildman–Crippen LogP) is 6.63. The second-order valence-corrected chi connectivity index (χ2v) is 9.94. The molecule has 6 nitrogen and oxygen atoms in total. The minimum absolute atomic E-state index is 0.347. The molecule has 1 aliphatic heterocycles. The van der Waals surface area contributed by atoms with Gasteiger partial charge in [-0.2, -0.15) is 9.61 Å². The summed E-state index contributed by atoms with van der Waals surface area (Å²) in [5.41, 5.74) is 3.45. The molecule has 3 aromatic heterocycles. The van der Waals surface area contributed by atoms with Gasteiger partial charge < -0.3 is 9.73 Å². The standard InChI is InChI=1S/C26H23BrClN5O/c27-21-15-29-33-25(14-23(31-26(21)33)20-6-2-3-7-22(20)28)30-18-9-11-32(12-10-18)16-19-13-17-5-1-4-8-24(17)34-19/h1-8,13-15,18,30H,9-12,16H2. The molecule has 2 aromatic carbocycles. The van der Waals surface area contributed by atoms with Crippen molar-refractivity contribution in [3.8, 4) is 11.3 Å². The number of hydrogen-bond acceptors (Lipinski definition) is 5. The minimum Gasteiger partial charge on any atom is -0.460 e. The number of hydrogen-bond donors (Lipinski definition) is 1. The number of furan rings is 1. The lowest BCUT2D eigenvalue weighted by molar-refractivity contribution is 0.198. The molecule has 1 saturated heterocycles. The molecule has 0 unspecified atom stereocenters. The molecule has 0 saturated carbocycles. The highest BCUT2D eigenvalue weighted by Crippen LogP contribution is 2.31. The average Bonchev–Trinajstić information content (AvgIpc) is 3.43. The summed E-state index contributed by atoms with van der Waals surface area (Å²) >= 11 is 10.0. The van der Waals surface area contributed by atoms with Gasteiger partial charge in [-0.3, -0.25) is 4.90 Å². The van der Waals surface area contributed by atoms with Crippen LogP contribution in [-0.4, -0.2) is 38.6 Å². The SMILES string of the molecule is Clc1ccccc1-c1cc(NC2CCN(Cc3cc4ccccc4o3)CC2)n2ncc(Br)c2n1. The number of halogens is 2. The highest BCUT2D eigenvalue weighted by Gasteiger charge is 2.22. The van der Waals surface area contributed by atoms with Crippen molar-refractivity contribution in [3.63, 3.8) is 0 Å². The zero-order valence-electron chi connectivity index (χ0n) is 18.4. The van der Waals surface area contributed by atoms with Crippen LogP contribution in [0.25, 0.3) is 27.9 Å². The van der Waals surface area contributed by atoms with Gasteiger partial charge in [-0.25, -0.2) is 4.98 Å². The Kier molecular flexibility index (Phi) is 5.77. The summed E-state index contributed by atoms with van der Waals surface area (Å²) in [4.78, 5) is 7.26. The summed E-state index contributed by atoms with van der Waals surface area (Å²) in [5.74, 6) is 1.94. The van der Waals surface area contributed by atoms with Crippen molar-refractivity contribution in [1.82, 2.24) is 19.5 Å². The van der Waals surface area contributed by atoms with Crippen LogP contribution in [0.5, 0.6) is 0 Å². The fourth-order valence-corrected chi connectivity index (χ4v) is 5.21. The third kappa shape index (κ3) is 4.19. The molecule has 5 aromatic rings. The normalized spacial score (nSPS) is 15.4. The van der Waals surface area contributed by atoms with Gasteiger partial charge in [0.05, 0.1) is 22.9 Å². The van der Waals surface area contributed by atoms with Crippen molar-refractivity contribution in [2.24, 2.45) is 0 Å². The molecule has 4 heterocycles. The Morgan fingerprint density at radius 3 is 2.68 bits per heavy atom. The van der Waals surface area contributed by atoms with Crippen LogP contribution in [0.3, 0.4) is 0 Å². The van der Waals surface area contributed by atoms with Gasteiger partial charge in [0.15, 0.2) is 5.65 Å². The quantitative estimate of drug-likeness (QED) is 0.273. The molecule has 34 heavy (non-hydrogen) atoms. The Hall–Kier alpha value is -2.87. The Labute approximate surface area is 210 Å². The van der Waals surface area contributed by atoms with E-state index in [1.165, 1.54) is 0 Å². The van der Waals surface area contributed by atoms with Crippen molar-refractivity contribution in [3.05, 3.63) is 82.1 Å². The maximum absolute atomic E-state index is 6.47. The van der Waals surface area contributed by atoms with Crippen LogP contribution in [0.2, 0.25) is 5.02 Å². The van der Waals surface area contributed by atoms with Crippen LogP contribution in [-0.2, 0) is 6.54 Å². The molecule has 0 aliphatic carbocycles. The molecule has 8 heteroatoms. The van der Waals surface area contributed by atoms with Crippen LogP contribution in [0.15, 0.2) is 75.8 Å². The number of benzene rings is 2. The Balaban J connectivity index is 1.19. The highest BCUT2D eigenvalue weighted by molar-refractivity contribution is 9.10. The number of likely N-dealkylation sites (tertiary alicyclic amines) is 1. The number of aromatic nitrogens is 3. The van der Waals surface area contributed by atoms with E-state index < -0.39 is 0 Å². The molecule has 6 rings (SSSR count). The largest absolute Gasteiger partial charge is 0.460 e. The Morgan fingerprint density at radius 2 is 1.85 bits per heavy atom. The van der Waals surface area contributed by atoms with E-state index >= 15 is 0 Å². The highest BCUT2D eigenvalue weighted by atomic mass is 79.9. The van der Waals surface area contributed by atoms with Crippen LogP contribution in [0, 0.1) is 0 Å². The zero-order chi connectivity index (χ0) is 23.1. The molecule has 1 N–H and O–H groups in total. The minimum atomic E-state index is 0.347. The van der Waals surface area contributed by atoms with Gasteiger partial charge in [-0.15, -0.1) is 0 Å². The number of para-hydroxylation sites is 1. The van der Waals surface area contributed by atoms with Crippen LogP contribution in [0.1, 0.15) is 18.6 Å². The third-order valence-electron chi connectivity index (χ3n) is 6.37. The number of fused-ring (bicyclic) bond motifs is 2. The van der Waals surface area contributed by atoms with Crippen molar-refractivity contribution in [2.45, 2.75) is 25.4 Å². The molecule has 0 spiro atoms. The lowest BCUT2D eigenvalue weighted by atomic mass is 10.0. The van der Waals surface area contributed by atoms with Crippen LogP contribution >= 0.6 is 27.5 Å². The average molecular weight is 537 g/mol. The summed E-state index contributed by atoms with van der Waals surface area (Å²) in [6.45, 7) is 2.84. The van der Waals surface area contributed by atoms with Crippen molar-refractivity contribution >= 4 is 50.0 Å². The van der Waals surface area contributed by atoms with Gasteiger partial charge >= 0.3 is 0 Å². The van der Waals surface area contributed by atoms with E-state index in [-0.39, 0.29) is 0 Å².